The van der Waals surface area contributed by atoms with Gasteiger partial charge in [0, 0.05) is 5.56 Å². The van der Waals surface area contributed by atoms with Crippen LogP contribution < -0.4 is 0 Å². The van der Waals surface area contributed by atoms with E-state index in [9.17, 15) is 4.79 Å². The summed E-state index contributed by atoms with van der Waals surface area (Å²) in [5.41, 5.74) is 0.548. The number of benzene rings is 1. The number of hydrogen-bond acceptors (Lipinski definition) is 3. The van der Waals surface area contributed by atoms with Gasteiger partial charge in [0.25, 0.3) is 0 Å². The van der Waals surface area contributed by atoms with Crippen molar-refractivity contribution in [3.05, 3.63) is 51.2 Å². The predicted octanol–water partition coefficient (Wildman–Crippen LogP) is 3.34. The molecule has 0 aliphatic carbocycles. The van der Waals surface area contributed by atoms with E-state index in [4.69, 9.17) is 16.7 Å². The predicted molar refractivity (Wildman–Crippen MR) is 60.9 cm³/mol. The minimum atomic E-state index is -0.0769. The molecule has 2 nitrogen and oxygen atoms in total. The summed E-state index contributed by atoms with van der Waals surface area (Å²) in [7, 11) is 0. The second-order valence-electron chi connectivity index (χ2n) is 2.98. The van der Waals surface area contributed by atoms with Gasteiger partial charge in [0.2, 0.25) is 5.78 Å². The Hall–Kier alpha value is -1.32. The van der Waals surface area contributed by atoms with Crippen LogP contribution in [-0.4, -0.2) is 10.9 Å². The SMILES string of the molecule is O=C(c1ccc(O)cc1)c1ccc(Cl)s1. The Morgan fingerprint density at radius 2 is 1.80 bits per heavy atom. The molecule has 1 aromatic heterocycles. The number of thiophene rings is 1. The zero-order chi connectivity index (χ0) is 10.8. The highest BCUT2D eigenvalue weighted by Crippen LogP contribution is 2.24. The highest BCUT2D eigenvalue weighted by Gasteiger charge is 2.10. The molecule has 1 N–H and O–H groups in total. The molecule has 0 unspecified atom stereocenters. The molecule has 0 fully saturated rings. The maximum atomic E-state index is 11.8. The van der Waals surface area contributed by atoms with Gasteiger partial charge in [0.05, 0.1) is 9.21 Å². The Morgan fingerprint density at radius 3 is 2.33 bits per heavy atom. The third-order valence-corrected chi connectivity index (χ3v) is 3.16. The molecule has 0 saturated heterocycles. The smallest absolute Gasteiger partial charge is 0.202 e. The molecule has 15 heavy (non-hydrogen) atoms. The van der Waals surface area contributed by atoms with E-state index in [-0.39, 0.29) is 11.5 Å². The molecule has 0 aliphatic rings. The Bertz CT molecular complexity index is 488. The largest absolute Gasteiger partial charge is 0.508 e. The number of rotatable bonds is 2. The van der Waals surface area contributed by atoms with E-state index in [1.807, 2.05) is 0 Å². The van der Waals surface area contributed by atoms with Crippen molar-refractivity contribution in [2.24, 2.45) is 0 Å². The Kier molecular flexibility index (Phi) is 2.75. The zero-order valence-electron chi connectivity index (χ0n) is 7.61. The highest BCUT2D eigenvalue weighted by molar-refractivity contribution is 7.18. The first-order chi connectivity index (χ1) is 7.16. The number of carbonyl (C=O) groups is 1. The lowest BCUT2D eigenvalue weighted by molar-refractivity contribution is 0.104. The summed E-state index contributed by atoms with van der Waals surface area (Å²) in [5.74, 6) is 0.0719. The fraction of sp³-hybridized carbons (Fsp3) is 0. The molecule has 0 aliphatic heterocycles. The summed E-state index contributed by atoms with van der Waals surface area (Å²) in [4.78, 5) is 12.4. The van der Waals surface area contributed by atoms with Crippen LogP contribution in [0.4, 0.5) is 0 Å². The van der Waals surface area contributed by atoms with Crippen molar-refractivity contribution in [3.63, 3.8) is 0 Å². The van der Waals surface area contributed by atoms with Crippen LogP contribution in [0, 0.1) is 0 Å². The molecule has 0 amide bonds. The molecule has 2 aromatic rings. The molecule has 1 aromatic carbocycles. The number of hydrogen-bond donors (Lipinski definition) is 1. The molecule has 0 bridgehead atoms. The van der Waals surface area contributed by atoms with Crippen LogP contribution in [0.25, 0.3) is 0 Å². The molecule has 1 heterocycles. The van der Waals surface area contributed by atoms with Crippen LogP contribution in [0.15, 0.2) is 36.4 Å². The van der Waals surface area contributed by atoms with Gasteiger partial charge in [-0.1, -0.05) is 11.6 Å². The second-order valence-corrected chi connectivity index (χ2v) is 4.69. The normalized spacial score (nSPS) is 10.2. The lowest BCUT2D eigenvalue weighted by Gasteiger charge is -1.97. The molecule has 0 radical (unpaired) electrons. The molecule has 2 rings (SSSR count). The van der Waals surface area contributed by atoms with E-state index < -0.39 is 0 Å². The van der Waals surface area contributed by atoms with Crippen LogP contribution in [-0.2, 0) is 0 Å². The Labute approximate surface area is 95.8 Å². The number of phenolic OH excluding ortho intramolecular Hbond substituents is 1. The number of carbonyl (C=O) groups excluding carboxylic acids is 1. The van der Waals surface area contributed by atoms with Crippen LogP contribution >= 0.6 is 22.9 Å². The third kappa shape index (κ3) is 2.19. The van der Waals surface area contributed by atoms with Crippen molar-refractivity contribution in [2.75, 3.05) is 0 Å². The van der Waals surface area contributed by atoms with Gasteiger partial charge < -0.3 is 5.11 Å². The highest BCUT2D eigenvalue weighted by atomic mass is 35.5. The van der Waals surface area contributed by atoms with E-state index in [0.717, 1.165) is 0 Å². The average molecular weight is 239 g/mol. The molecule has 0 saturated carbocycles. The molecule has 76 valence electrons. The van der Waals surface area contributed by atoms with Gasteiger partial charge in [-0.2, -0.15) is 0 Å². The van der Waals surface area contributed by atoms with Crippen LogP contribution in [0.1, 0.15) is 15.2 Å². The summed E-state index contributed by atoms with van der Waals surface area (Å²) in [6, 6.07) is 9.55. The second kappa shape index (κ2) is 4.04. The fourth-order valence-corrected chi connectivity index (χ4v) is 2.20. The lowest BCUT2D eigenvalue weighted by Crippen LogP contribution is -1.97. The van der Waals surface area contributed by atoms with E-state index >= 15 is 0 Å². The van der Waals surface area contributed by atoms with E-state index in [2.05, 4.69) is 0 Å². The summed E-state index contributed by atoms with van der Waals surface area (Å²) >= 11 is 6.99. The van der Waals surface area contributed by atoms with Crippen LogP contribution in [0.3, 0.4) is 0 Å². The topological polar surface area (TPSA) is 37.3 Å². The summed E-state index contributed by atoms with van der Waals surface area (Å²) < 4.78 is 0.595. The van der Waals surface area contributed by atoms with Crippen molar-refractivity contribution in [1.29, 1.82) is 0 Å². The first-order valence-electron chi connectivity index (χ1n) is 4.26. The van der Waals surface area contributed by atoms with Gasteiger partial charge in [-0.25, -0.2) is 0 Å². The number of aromatic hydroxyl groups is 1. The number of halogens is 1. The fourth-order valence-electron chi connectivity index (χ4n) is 1.19. The molecule has 0 atom stereocenters. The minimum absolute atomic E-state index is 0.0769. The van der Waals surface area contributed by atoms with Gasteiger partial charge in [-0.3, -0.25) is 4.79 Å². The van der Waals surface area contributed by atoms with Crippen molar-refractivity contribution in [1.82, 2.24) is 0 Å². The van der Waals surface area contributed by atoms with Crippen LogP contribution in [0.2, 0.25) is 4.34 Å². The van der Waals surface area contributed by atoms with Gasteiger partial charge >= 0.3 is 0 Å². The number of ketones is 1. The standard InChI is InChI=1S/C11H7ClO2S/c12-10-6-5-9(15-10)11(14)7-1-3-8(13)4-2-7/h1-6,13H. The maximum Gasteiger partial charge on any atom is 0.202 e. The van der Waals surface area contributed by atoms with E-state index in [1.165, 1.54) is 23.5 Å². The maximum absolute atomic E-state index is 11.8. The zero-order valence-corrected chi connectivity index (χ0v) is 9.18. The lowest BCUT2D eigenvalue weighted by atomic mass is 10.1. The molecular formula is C11H7ClO2S. The summed E-state index contributed by atoms with van der Waals surface area (Å²) in [6.07, 6.45) is 0. The van der Waals surface area contributed by atoms with Crippen LogP contribution in [0.5, 0.6) is 5.75 Å². The monoisotopic (exact) mass is 238 g/mol. The van der Waals surface area contributed by atoms with Gasteiger partial charge in [0.15, 0.2) is 0 Å². The quantitative estimate of drug-likeness (QED) is 0.815. The van der Waals surface area contributed by atoms with Gasteiger partial charge in [-0.05, 0) is 36.4 Å². The minimum Gasteiger partial charge on any atom is -0.508 e. The first kappa shape index (κ1) is 10.2. The first-order valence-corrected chi connectivity index (χ1v) is 5.45. The van der Waals surface area contributed by atoms with E-state index in [1.54, 1.807) is 24.3 Å². The molecular weight excluding hydrogens is 232 g/mol. The van der Waals surface area contributed by atoms with Gasteiger partial charge in [0.1, 0.15) is 5.75 Å². The molecule has 0 spiro atoms. The van der Waals surface area contributed by atoms with E-state index in [0.29, 0.717) is 14.8 Å². The van der Waals surface area contributed by atoms with Crippen molar-refractivity contribution in [2.45, 2.75) is 0 Å². The Balaban J connectivity index is 2.32. The van der Waals surface area contributed by atoms with Crippen molar-refractivity contribution < 1.29 is 9.90 Å². The number of phenols is 1. The van der Waals surface area contributed by atoms with Crippen molar-refractivity contribution >= 4 is 28.7 Å². The third-order valence-electron chi connectivity index (χ3n) is 1.93. The van der Waals surface area contributed by atoms with Crippen molar-refractivity contribution in [3.8, 4) is 5.75 Å². The summed E-state index contributed by atoms with van der Waals surface area (Å²) in [5, 5.41) is 9.08. The Morgan fingerprint density at radius 1 is 1.13 bits per heavy atom. The average Bonchev–Trinajstić information content (AvgIpc) is 2.65. The van der Waals surface area contributed by atoms with Gasteiger partial charge in [-0.15, -0.1) is 11.3 Å². The summed E-state index contributed by atoms with van der Waals surface area (Å²) in [6.45, 7) is 0. The molecule has 4 heteroatoms.